The molecule has 150 valence electrons. The minimum Gasteiger partial charge on any atom is -0.323 e. The molecule has 0 aliphatic rings. The number of nitrogens with one attached hydrogen (secondary N) is 2. The first-order valence-corrected chi connectivity index (χ1v) is 9.56. The number of amides is 2. The fourth-order valence-electron chi connectivity index (χ4n) is 2.79. The van der Waals surface area contributed by atoms with Gasteiger partial charge in [0.25, 0.3) is 5.91 Å². The zero-order valence-corrected chi connectivity index (χ0v) is 17.5. The van der Waals surface area contributed by atoms with Crippen molar-refractivity contribution in [1.29, 1.82) is 0 Å². The summed E-state index contributed by atoms with van der Waals surface area (Å²) in [5, 5.41) is 10.5. The van der Waals surface area contributed by atoms with E-state index in [1.807, 2.05) is 19.9 Å². The lowest BCUT2D eigenvalue weighted by Crippen LogP contribution is -2.25. The maximum absolute atomic E-state index is 12.6. The van der Waals surface area contributed by atoms with Crippen LogP contribution >= 0.6 is 23.2 Å². The highest BCUT2D eigenvalue weighted by Crippen LogP contribution is 2.27. The number of anilines is 2. The Morgan fingerprint density at radius 3 is 2.41 bits per heavy atom. The molecule has 2 N–H and O–H groups in total. The minimum atomic E-state index is -0.503. The predicted molar refractivity (Wildman–Crippen MR) is 114 cm³/mol. The number of halogens is 2. The third-order valence-corrected chi connectivity index (χ3v) is 4.80. The SMILES string of the molecule is Cc1cc(C)n(C(C)C(=O)Nc2ccc(NC(=O)c3ccc(Cl)nc3)cc2Cl)n1. The Balaban J connectivity index is 1.69. The van der Waals surface area contributed by atoms with E-state index in [1.54, 1.807) is 35.9 Å². The summed E-state index contributed by atoms with van der Waals surface area (Å²) >= 11 is 12.0. The summed E-state index contributed by atoms with van der Waals surface area (Å²) in [6.07, 6.45) is 1.38. The maximum Gasteiger partial charge on any atom is 0.257 e. The number of aromatic nitrogens is 3. The summed E-state index contributed by atoms with van der Waals surface area (Å²) in [5.41, 5.74) is 3.03. The third kappa shape index (κ3) is 4.93. The fourth-order valence-corrected chi connectivity index (χ4v) is 3.13. The zero-order chi connectivity index (χ0) is 21.1. The van der Waals surface area contributed by atoms with Gasteiger partial charge in [0, 0.05) is 17.6 Å². The number of benzene rings is 1. The Morgan fingerprint density at radius 1 is 1.07 bits per heavy atom. The number of nitrogens with zero attached hydrogens (tertiary/aromatic N) is 3. The molecule has 1 atom stereocenters. The van der Waals surface area contributed by atoms with Crippen molar-refractivity contribution in [2.45, 2.75) is 26.8 Å². The van der Waals surface area contributed by atoms with E-state index in [4.69, 9.17) is 23.2 Å². The molecule has 29 heavy (non-hydrogen) atoms. The molecule has 0 spiro atoms. The number of pyridine rings is 1. The van der Waals surface area contributed by atoms with E-state index in [2.05, 4.69) is 20.7 Å². The molecule has 2 aromatic heterocycles. The van der Waals surface area contributed by atoms with Crippen molar-refractivity contribution >= 4 is 46.4 Å². The number of hydrogen-bond acceptors (Lipinski definition) is 4. The second-order valence-electron chi connectivity index (χ2n) is 6.56. The van der Waals surface area contributed by atoms with Gasteiger partial charge in [0.2, 0.25) is 5.91 Å². The molecule has 3 aromatic rings. The van der Waals surface area contributed by atoms with E-state index in [-0.39, 0.29) is 11.8 Å². The van der Waals surface area contributed by atoms with Crippen LogP contribution in [0.5, 0.6) is 0 Å². The largest absolute Gasteiger partial charge is 0.323 e. The van der Waals surface area contributed by atoms with Crippen LogP contribution < -0.4 is 10.6 Å². The van der Waals surface area contributed by atoms with E-state index >= 15 is 0 Å². The first-order valence-electron chi connectivity index (χ1n) is 8.80. The molecule has 2 amide bonds. The van der Waals surface area contributed by atoms with Gasteiger partial charge in [-0.2, -0.15) is 5.10 Å². The van der Waals surface area contributed by atoms with Gasteiger partial charge in [0.1, 0.15) is 11.2 Å². The summed E-state index contributed by atoms with van der Waals surface area (Å²) in [6.45, 7) is 5.53. The molecule has 0 saturated heterocycles. The molecule has 0 aliphatic heterocycles. The Labute approximate surface area is 178 Å². The standard InChI is InChI=1S/C20H19Cl2N5O2/c1-11-8-12(2)27(26-11)13(3)19(28)25-17-6-5-15(9-16(17)21)24-20(29)14-4-7-18(22)23-10-14/h4-10,13H,1-3H3,(H,24,29)(H,25,28). The maximum atomic E-state index is 12.6. The summed E-state index contributed by atoms with van der Waals surface area (Å²) in [4.78, 5) is 28.7. The molecule has 7 nitrogen and oxygen atoms in total. The highest BCUT2D eigenvalue weighted by molar-refractivity contribution is 6.34. The lowest BCUT2D eigenvalue weighted by atomic mass is 10.2. The molecule has 0 radical (unpaired) electrons. The molecule has 1 aromatic carbocycles. The second-order valence-corrected chi connectivity index (χ2v) is 7.35. The van der Waals surface area contributed by atoms with E-state index in [0.29, 0.717) is 27.1 Å². The van der Waals surface area contributed by atoms with Gasteiger partial charge in [-0.3, -0.25) is 14.3 Å². The van der Waals surface area contributed by atoms with Gasteiger partial charge in [-0.15, -0.1) is 0 Å². The highest BCUT2D eigenvalue weighted by atomic mass is 35.5. The third-order valence-electron chi connectivity index (χ3n) is 4.27. The molecule has 0 saturated carbocycles. The first kappa shape index (κ1) is 20.8. The molecular formula is C20H19Cl2N5O2. The van der Waals surface area contributed by atoms with Crippen LogP contribution in [0, 0.1) is 13.8 Å². The molecule has 3 rings (SSSR count). The average Bonchev–Trinajstić information content (AvgIpc) is 3.01. The van der Waals surface area contributed by atoms with Crippen molar-refractivity contribution in [3.05, 3.63) is 69.7 Å². The fraction of sp³-hybridized carbons (Fsp3) is 0.200. The number of carbonyl (C=O) groups is 2. The van der Waals surface area contributed by atoms with Crippen LogP contribution in [-0.4, -0.2) is 26.6 Å². The average molecular weight is 432 g/mol. The van der Waals surface area contributed by atoms with Crippen LogP contribution in [0.2, 0.25) is 10.2 Å². The molecular weight excluding hydrogens is 413 g/mol. The summed E-state index contributed by atoms with van der Waals surface area (Å²) in [6, 6.07) is 9.35. The number of rotatable bonds is 5. The van der Waals surface area contributed by atoms with Crippen molar-refractivity contribution in [1.82, 2.24) is 14.8 Å². The number of carbonyl (C=O) groups excluding carboxylic acids is 2. The van der Waals surface area contributed by atoms with Crippen LogP contribution in [0.4, 0.5) is 11.4 Å². The Hall–Kier alpha value is -2.90. The van der Waals surface area contributed by atoms with E-state index < -0.39 is 6.04 Å². The first-order chi connectivity index (χ1) is 13.7. The van der Waals surface area contributed by atoms with Crippen molar-refractivity contribution in [2.75, 3.05) is 10.6 Å². The molecule has 9 heteroatoms. The van der Waals surface area contributed by atoms with Crippen molar-refractivity contribution in [3.8, 4) is 0 Å². The molecule has 0 fully saturated rings. The molecule has 0 bridgehead atoms. The van der Waals surface area contributed by atoms with Gasteiger partial charge in [-0.05, 0) is 57.2 Å². The Bertz CT molecular complexity index is 1060. The van der Waals surface area contributed by atoms with E-state index in [1.165, 1.54) is 12.3 Å². The summed E-state index contributed by atoms with van der Waals surface area (Å²) in [5.74, 6) is -0.595. The topological polar surface area (TPSA) is 88.9 Å². The Morgan fingerprint density at radius 2 is 1.83 bits per heavy atom. The van der Waals surface area contributed by atoms with Gasteiger partial charge in [-0.25, -0.2) is 4.98 Å². The van der Waals surface area contributed by atoms with Gasteiger partial charge < -0.3 is 10.6 Å². The van der Waals surface area contributed by atoms with E-state index in [0.717, 1.165) is 11.4 Å². The lowest BCUT2D eigenvalue weighted by molar-refractivity contribution is -0.119. The normalized spacial score (nSPS) is 11.8. The minimum absolute atomic E-state index is 0.248. The highest BCUT2D eigenvalue weighted by Gasteiger charge is 2.19. The smallest absolute Gasteiger partial charge is 0.257 e. The lowest BCUT2D eigenvalue weighted by Gasteiger charge is -2.16. The van der Waals surface area contributed by atoms with E-state index in [9.17, 15) is 9.59 Å². The van der Waals surface area contributed by atoms with Crippen molar-refractivity contribution in [2.24, 2.45) is 0 Å². The van der Waals surface area contributed by atoms with Crippen LogP contribution in [-0.2, 0) is 4.79 Å². The second kappa shape index (κ2) is 8.63. The monoisotopic (exact) mass is 431 g/mol. The van der Waals surface area contributed by atoms with Gasteiger partial charge in [0.05, 0.1) is 22.0 Å². The number of hydrogen-bond donors (Lipinski definition) is 2. The molecule has 1 unspecified atom stereocenters. The van der Waals surface area contributed by atoms with Gasteiger partial charge in [0.15, 0.2) is 0 Å². The summed E-state index contributed by atoms with van der Waals surface area (Å²) < 4.78 is 1.66. The zero-order valence-electron chi connectivity index (χ0n) is 16.0. The summed E-state index contributed by atoms with van der Waals surface area (Å²) in [7, 11) is 0. The molecule has 2 heterocycles. The van der Waals surface area contributed by atoms with Crippen LogP contribution in [0.3, 0.4) is 0 Å². The predicted octanol–water partition coefficient (Wildman–Crippen LogP) is 4.65. The molecule has 0 aliphatic carbocycles. The van der Waals surface area contributed by atoms with Crippen molar-refractivity contribution < 1.29 is 9.59 Å². The Kier molecular flexibility index (Phi) is 6.20. The van der Waals surface area contributed by atoms with Crippen LogP contribution in [0.15, 0.2) is 42.6 Å². The van der Waals surface area contributed by atoms with Crippen LogP contribution in [0.1, 0.15) is 34.7 Å². The quantitative estimate of drug-likeness (QED) is 0.575. The number of aryl methyl sites for hydroxylation is 2. The van der Waals surface area contributed by atoms with Gasteiger partial charge >= 0.3 is 0 Å². The van der Waals surface area contributed by atoms with Crippen LogP contribution in [0.25, 0.3) is 0 Å². The van der Waals surface area contributed by atoms with Crippen molar-refractivity contribution in [3.63, 3.8) is 0 Å². The van der Waals surface area contributed by atoms with Gasteiger partial charge in [-0.1, -0.05) is 23.2 Å².